The van der Waals surface area contributed by atoms with Gasteiger partial charge in [-0.3, -0.25) is 9.82 Å². The van der Waals surface area contributed by atoms with Gasteiger partial charge < -0.3 is 9.47 Å². The fourth-order valence-electron chi connectivity index (χ4n) is 3.13. The van der Waals surface area contributed by atoms with Gasteiger partial charge in [0, 0.05) is 11.5 Å². The van der Waals surface area contributed by atoms with Gasteiger partial charge in [-0.1, -0.05) is 48.5 Å². The lowest BCUT2D eigenvalue weighted by Crippen LogP contribution is -2.12. The molecule has 0 saturated heterocycles. The fraction of sp³-hybridized carbons (Fsp3) is 0.0417. The summed E-state index contributed by atoms with van der Waals surface area (Å²) in [5.41, 5.74) is 4.76. The van der Waals surface area contributed by atoms with Gasteiger partial charge in [-0.2, -0.15) is 0 Å². The van der Waals surface area contributed by atoms with Crippen LogP contribution in [0.3, 0.4) is 0 Å². The van der Waals surface area contributed by atoms with Crippen molar-refractivity contribution in [3.63, 3.8) is 0 Å². The zero-order chi connectivity index (χ0) is 19.5. The molecule has 1 aliphatic rings. The first-order valence-electron chi connectivity index (χ1n) is 9.32. The van der Waals surface area contributed by atoms with E-state index in [4.69, 9.17) is 14.3 Å². The highest BCUT2D eigenvalue weighted by atomic mass is 16.7. The average molecular weight is 382 g/mol. The average Bonchev–Trinajstić information content (AvgIpc) is 3.23. The van der Waals surface area contributed by atoms with Crippen LogP contribution in [-0.4, -0.2) is 4.98 Å². The van der Waals surface area contributed by atoms with Gasteiger partial charge in [0.2, 0.25) is 5.88 Å². The normalized spacial score (nSPS) is 15.6. The molecular weight excluding hydrogens is 364 g/mol. The van der Waals surface area contributed by atoms with Crippen molar-refractivity contribution < 1.29 is 14.3 Å². The van der Waals surface area contributed by atoms with Crippen LogP contribution in [0.5, 0.6) is 17.2 Å². The second-order valence-corrected chi connectivity index (χ2v) is 6.62. The minimum atomic E-state index is -0.246. The van der Waals surface area contributed by atoms with Gasteiger partial charge in [-0.15, -0.1) is 0 Å². The first-order valence-corrected chi connectivity index (χ1v) is 9.32. The number of rotatable bonds is 5. The second kappa shape index (κ2) is 7.66. The van der Waals surface area contributed by atoms with E-state index >= 15 is 0 Å². The van der Waals surface area contributed by atoms with Crippen LogP contribution in [0.15, 0.2) is 103 Å². The SMILES string of the molecule is C1=C(Oc2cnc3ccccc3c2)NO[C@@H]1c1ccc(Oc2ccccc2)cc1. The van der Waals surface area contributed by atoms with Crippen LogP contribution in [0.4, 0.5) is 0 Å². The molecule has 1 atom stereocenters. The van der Waals surface area contributed by atoms with Crippen LogP contribution in [0.2, 0.25) is 0 Å². The highest BCUT2D eigenvalue weighted by Gasteiger charge is 2.20. The number of aromatic nitrogens is 1. The molecule has 0 spiro atoms. The largest absolute Gasteiger partial charge is 0.457 e. The van der Waals surface area contributed by atoms with Gasteiger partial charge in [0.25, 0.3) is 0 Å². The molecule has 29 heavy (non-hydrogen) atoms. The van der Waals surface area contributed by atoms with Gasteiger partial charge in [0.1, 0.15) is 23.4 Å². The van der Waals surface area contributed by atoms with E-state index < -0.39 is 0 Å². The molecular formula is C24H18N2O3. The lowest BCUT2D eigenvalue weighted by atomic mass is 10.1. The van der Waals surface area contributed by atoms with Gasteiger partial charge in [-0.25, -0.2) is 5.48 Å². The molecule has 4 aromatic rings. The molecule has 5 heteroatoms. The van der Waals surface area contributed by atoms with Gasteiger partial charge >= 0.3 is 0 Å². The van der Waals surface area contributed by atoms with E-state index in [2.05, 4.69) is 10.5 Å². The molecule has 1 N–H and O–H groups in total. The number of pyridine rings is 1. The maximum atomic E-state index is 5.88. The van der Waals surface area contributed by atoms with Crippen molar-refractivity contribution >= 4 is 10.9 Å². The van der Waals surface area contributed by atoms with E-state index in [9.17, 15) is 0 Å². The Hall–Kier alpha value is -3.83. The molecule has 1 aromatic heterocycles. The van der Waals surface area contributed by atoms with E-state index in [0.29, 0.717) is 11.6 Å². The molecule has 0 radical (unpaired) electrons. The van der Waals surface area contributed by atoms with Crippen molar-refractivity contribution in [2.75, 3.05) is 0 Å². The molecule has 0 saturated carbocycles. The molecule has 0 amide bonds. The third-order valence-corrected chi connectivity index (χ3v) is 4.57. The van der Waals surface area contributed by atoms with Crippen LogP contribution in [-0.2, 0) is 4.84 Å². The molecule has 0 unspecified atom stereocenters. The van der Waals surface area contributed by atoms with Crippen LogP contribution in [0, 0.1) is 0 Å². The van der Waals surface area contributed by atoms with Crippen LogP contribution in [0.1, 0.15) is 11.7 Å². The molecule has 3 aromatic carbocycles. The monoisotopic (exact) mass is 382 g/mol. The Balaban J connectivity index is 1.27. The summed E-state index contributed by atoms with van der Waals surface area (Å²) in [5, 5.41) is 1.02. The highest BCUT2D eigenvalue weighted by Crippen LogP contribution is 2.29. The second-order valence-electron chi connectivity index (χ2n) is 6.62. The Morgan fingerprint density at radius 3 is 2.38 bits per heavy atom. The summed E-state index contributed by atoms with van der Waals surface area (Å²) in [6, 6.07) is 27.3. The van der Waals surface area contributed by atoms with Crippen LogP contribution in [0.25, 0.3) is 10.9 Å². The zero-order valence-electron chi connectivity index (χ0n) is 15.5. The summed E-state index contributed by atoms with van der Waals surface area (Å²) in [6.45, 7) is 0. The highest BCUT2D eigenvalue weighted by molar-refractivity contribution is 5.79. The maximum absolute atomic E-state index is 5.88. The Kier molecular flexibility index (Phi) is 4.56. The Labute approximate surface area is 168 Å². The Morgan fingerprint density at radius 1 is 0.759 bits per heavy atom. The standard InChI is InChI=1S/C24H18N2O3/c1-2-7-19(8-3-1)27-20-12-10-17(11-13-20)23-15-24(26-29-23)28-21-14-18-6-4-5-9-22(18)25-16-21/h1-16,23,26H/t23-/m0/s1. The molecule has 2 heterocycles. The zero-order valence-corrected chi connectivity index (χ0v) is 15.5. The lowest BCUT2D eigenvalue weighted by molar-refractivity contribution is 0.0273. The van der Waals surface area contributed by atoms with Crippen LogP contribution < -0.4 is 15.0 Å². The topological polar surface area (TPSA) is 52.6 Å². The molecule has 0 aliphatic carbocycles. The number of ether oxygens (including phenoxy) is 2. The third kappa shape index (κ3) is 3.90. The quantitative estimate of drug-likeness (QED) is 0.492. The maximum Gasteiger partial charge on any atom is 0.216 e. The number of hydrogen-bond acceptors (Lipinski definition) is 5. The molecule has 0 bridgehead atoms. The van der Waals surface area contributed by atoms with E-state index in [1.54, 1.807) is 6.20 Å². The molecule has 0 fully saturated rings. The van der Waals surface area contributed by atoms with Crippen molar-refractivity contribution in [3.05, 3.63) is 109 Å². The minimum Gasteiger partial charge on any atom is -0.457 e. The number of para-hydroxylation sites is 2. The van der Waals surface area contributed by atoms with Gasteiger partial charge in [0.15, 0.2) is 0 Å². The lowest BCUT2D eigenvalue weighted by Gasteiger charge is -2.09. The summed E-state index contributed by atoms with van der Waals surface area (Å²) in [7, 11) is 0. The minimum absolute atomic E-state index is 0.246. The van der Waals surface area contributed by atoms with Crippen molar-refractivity contribution in [1.29, 1.82) is 0 Å². The van der Waals surface area contributed by atoms with Crippen molar-refractivity contribution in [2.45, 2.75) is 6.10 Å². The van der Waals surface area contributed by atoms with E-state index in [1.807, 2.05) is 91.0 Å². The molecule has 142 valence electrons. The van der Waals surface area contributed by atoms with Crippen molar-refractivity contribution in [3.8, 4) is 17.2 Å². The first-order chi connectivity index (χ1) is 14.3. The number of nitrogens with one attached hydrogen (secondary N) is 1. The molecule has 1 aliphatic heterocycles. The van der Waals surface area contributed by atoms with E-state index in [0.717, 1.165) is 28.0 Å². The first kappa shape index (κ1) is 17.3. The molecule has 5 nitrogen and oxygen atoms in total. The summed E-state index contributed by atoms with van der Waals surface area (Å²) in [5.74, 6) is 2.77. The fourth-order valence-corrected chi connectivity index (χ4v) is 3.13. The summed E-state index contributed by atoms with van der Waals surface area (Å²) >= 11 is 0. The number of fused-ring (bicyclic) bond motifs is 1. The van der Waals surface area contributed by atoms with Gasteiger partial charge in [0.05, 0.1) is 11.7 Å². The van der Waals surface area contributed by atoms with Gasteiger partial charge in [-0.05, 0) is 42.0 Å². The summed E-state index contributed by atoms with van der Waals surface area (Å²) in [6.07, 6.45) is 3.35. The predicted molar refractivity (Wildman–Crippen MR) is 110 cm³/mol. The van der Waals surface area contributed by atoms with E-state index in [1.165, 1.54) is 0 Å². The smallest absolute Gasteiger partial charge is 0.216 e. The Bertz CT molecular complexity index is 1160. The summed E-state index contributed by atoms with van der Waals surface area (Å²) < 4.78 is 11.7. The van der Waals surface area contributed by atoms with Crippen molar-refractivity contribution in [2.24, 2.45) is 0 Å². The third-order valence-electron chi connectivity index (χ3n) is 4.57. The van der Waals surface area contributed by atoms with Crippen LogP contribution >= 0.6 is 0 Å². The Morgan fingerprint density at radius 2 is 1.52 bits per heavy atom. The summed E-state index contributed by atoms with van der Waals surface area (Å²) in [4.78, 5) is 10.1. The number of benzene rings is 3. The predicted octanol–water partition coefficient (Wildman–Crippen LogP) is 5.52. The molecule has 5 rings (SSSR count). The number of hydrogen-bond donors (Lipinski definition) is 1. The number of nitrogens with zero attached hydrogens (tertiary/aromatic N) is 1. The van der Waals surface area contributed by atoms with E-state index in [-0.39, 0.29) is 6.10 Å². The van der Waals surface area contributed by atoms with Crippen molar-refractivity contribution in [1.82, 2.24) is 10.5 Å². The number of hydroxylamine groups is 1.